The Balaban J connectivity index is 2.14. The van der Waals surface area contributed by atoms with Crippen LogP contribution >= 0.6 is 11.3 Å². The maximum absolute atomic E-state index is 11.4. The van der Waals surface area contributed by atoms with Crippen LogP contribution in [0, 0.1) is 5.92 Å². The van der Waals surface area contributed by atoms with Crippen molar-refractivity contribution < 1.29 is 9.90 Å². The molecule has 0 bridgehead atoms. The second kappa shape index (κ2) is 5.33. The van der Waals surface area contributed by atoms with Crippen LogP contribution < -0.4 is 0 Å². The van der Waals surface area contributed by atoms with Crippen molar-refractivity contribution in [3.8, 4) is 11.3 Å². The zero-order valence-electron chi connectivity index (χ0n) is 11.9. The van der Waals surface area contributed by atoms with Gasteiger partial charge in [0.2, 0.25) is 0 Å². The van der Waals surface area contributed by atoms with E-state index in [1.54, 1.807) is 0 Å². The van der Waals surface area contributed by atoms with E-state index in [4.69, 9.17) is 0 Å². The van der Waals surface area contributed by atoms with Gasteiger partial charge in [-0.2, -0.15) is 0 Å². The Kier molecular flexibility index (Phi) is 3.51. The molecule has 0 aliphatic carbocycles. The lowest BCUT2D eigenvalue weighted by Gasteiger charge is -2.05. The molecule has 0 fully saturated rings. The van der Waals surface area contributed by atoms with E-state index in [2.05, 4.69) is 18.8 Å². The molecule has 0 aliphatic rings. The van der Waals surface area contributed by atoms with Crippen LogP contribution in [-0.2, 0) is 6.42 Å². The molecule has 0 unspecified atom stereocenters. The fourth-order valence-electron chi connectivity index (χ4n) is 2.38. The number of fused-ring (bicyclic) bond motifs is 1. The first-order valence-electron chi connectivity index (χ1n) is 6.85. The quantitative estimate of drug-likeness (QED) is 0.793. The van der Waals surface area contributed by atoms with Crippen molar-refractivity contribution in [3.05, 3.63) is 47.1 Å². The standard InChI is InChI=1S/C16H16N2O2S/c1-10(2)8-13-14(15(19)20)21-16-17-12(9-18(13)16)11-6-4-3-5-7-11/h3-7,9-10H,8H2,1-2H3,(H,19,20). The van der Waals surface area contributed by atoms with Gasteiger partial charge in [-0.15, -0.1) is 0 Å². The van der Waals surface area contributed by atoms with Crippen molar-refractivity contribution in [2.75, 3.05) is 0 Å². The molecule has 0 spiro atoms. The molecule has 0 saturated heterocycles. The third kappa shape index (κ3) is 2.56. The molecule has 3 aromatic rings. The molecule has 1 aromatic carbocycles. The normalized spacial score (nSPS) is 11.4. The summed E-state index contributed by atoms with van der Waals surface area (Å²) in [6, 6.07) is 9.93. The Morgan fingerprint density at radius 1 is 1.33 bits per heavy atom. The molecule has 0 atom stereocenters. The molecule has 108 valence electrons. The molecule has 4 nitrogen and oxygen atoms in total. The number of imidazole rings is 1. The van der Waals surface area contributed by atoms with Crippen LogP contribution in [0.25, 0.3) is 16.2 Å². The average molecular weight is 300 g/mol. The minimum Gasteiger partial charge on any atom is -0.477 e. The van der Waals surface area contributed by atoms with Crippen molar-refractivity contribution in [3.63, 3.8) is 0 Å². The monoisotopic (exact) mass is 300 g/mol. The minimum absolute atomic E-state index is 0.392. The molecule has 0 amide bonds. The Morgan fingerprint density at radius 2 is 2.05 bits per heavy atom. The lowest BCUT2D eigenvalue weighted by Crippen LogP contribution is -2.04. The van der Waals surface area contributed by atoms with Gasteiger partial charge >= 0.3 is 5.97 Å². The van der Waals surface area contributed by atoms with Crippen LogP contribution in [0.3, 0.4) is 0 Å². The number of carboxylic acids is 1. The first kappa shape index (κ1) is 13.8. The summed E-state index contributed by atoms with van der Waals surface area (Å²) in [6.07, 6.45) is 2.66. The Labute approximate surface area is 126 Å². The SMILES string of the molecule is CC(C)Cc1c(C(=O)O)sc2nc(-c3ccccc3)cn12. The van der Waals surface area contributed by atoms with Gasteiger partial charge in [-0.05, 0) is 12.3 Å². The Bertz CT molecular complexity index is 787. The largest absolute Gasteiger partial charge is 0.477 e. The topological polar surface area (TPSA) is 54.6 Å². The minimum atomic E-state index is -0.873. The highest BCUT2D eigenvalue weighted by molar-refractivity contribution is 7.19. The van der Waals surface area contributed by atoms with Crippen LogP contribution in [0.4, 0.5) is 0 Å². The van der Waals surface area contributed by atoms with Gasteiger partial charge in [0.15, 0.2) is 4.96 Å². The van der Waals surface area contributed by atoms with Gasteiger partial charge in [0.25, 0.3) is 0 Å². The number of thiazole rings is 1. The summed E-state index contributed by atoms with van der Waals surface area (Å²) in [4.78, 5) is 17.1. The zero-order chi connectivity index (χ0) is 15.0. The van der Waals surface area contributed by atoms with E-state index in [0.29, 0.717) is 10.8 Å². The number of nitrogens with zero attached hydrogens (tertiary/aromatic N) is 2. The first-order valence-corrected chi connectivity index (χ1v) is 7.67. The van der Waals surface area contributed by atoms with Crippen molar-refractivity contribution >= 4 is 22.3 Å². The first-order chi connectivity index (χ1) is 10.1. The highest BCUT2D eigenvalue weighted by atomic mass is 32.1. The molecule has 3 rings (SSSR count). The second-order valence-corrected chi connectivity index (χ2v) is 6.40. The average Bonchev–Trinajstić information content (AvgIpc) is 2.99. The number of aromatic nitrogens is 2. The molecule has 1 N–H and O–H groups in total. The van der Waals surface area contributed by atoms with E-state index in [0.717, 1.165) is 28.3 Å². The van der Waals surface area contributed by atoms with Gasteiger partial charge in [-0.25, -0.2) is 9.78 Å². The molecular formula is C16H16N2O2S. The van der Waals surface area contributed by atoms with Crippen LogP contribution in [-0.4, -0.2) is 20.5 Å². The number of carbonyl (C=O) groups is 1. The Hall–Kier alpha value is -2.14. The maximum atomic E-state index is 11.4. The molecule has 2 heterocycles. The van der Waals surface area contributed by atoms with Gasteiger partial charge in [-0.1, -0.05) is 55.5 Å². The summed E-state index contributed by atoms with van der Waals surface area (Å²) in [5, 5.41) is 9.35. The van der Waals surface area contributed by atoms with Crippen molar-refractivity contribution in [2.45, 2.75) is 20.3 Å². The van der Waals surface area contributed by atoms with Crippen molar-refractivity contribution in [1.29, 1.82) is 0 Å². The number of rotatable bonds is 4. The molecule has 0 saturated carbocycles. The fourth-order valence-corrected chi connectivity index (χ4v) is 3.36. The molecular weight excluding hydrogens is 284 g/mol. The van der Waals surface area contributed by atoms with Gasteiger partial charge in [-0.3, -0.25) is 4.40 Å². The number of benzene rings is 1. The lowest BCUT2D eigenvalue weighted by molar-refractivity contribution is 0.0700. The molecule has 2 aromatic heterocycles. The maximum Gasteiger partial charge on any atom is 0.347 e. The van der Waals surface area contributed by atoms with Crippen LogP contribution in [0.1, 0.15) is 29.2 Å². The second-order valence-electron chi connectivity index (χ2n) is 5.43. The number of hydrogen-bond acceptors (Lipinski definition) is 3. The van der Waals surface area contributed by atoms with E-state index < -0.39 is 5.97 Å². The third-order valence-corrected chi connectivity index (χ3v) is 4.37. The summed E-state index contributed by atoms with van der Waals surface area (Å²) < 4.78 is 1.93. The van der Waals surface area contributed by atoms with Gasteiger partial charge in [0, 0.05) is 17.5 Å². The van der Waals surface area contributed by atoms with Gasteiger partial charge in [0.1, 0.15) is 4.88 Å². The van der Waals surface area contributed by atoms with Gasteiger partial charge < -0.3 is 5.11 Å². The number of carboxylic acid groups (broad SMARTS) is 1. The van der Waals surface area contributed by atoms with E-state index in [-0.39, 0.29) is 0 Å². The van der Waals surface area contributed by atoms with Gasteiger partial charge in [0.05, 0.1) is 5.69 Å². The summed E-state index contributed by atoms with van der Waals surface area (Å²) in [7, 11) is 0. The van der Waals surface area contributed by atoms with E-state index in [9.17, 15) is 9.90 Å². The smallest absolute Gasteiger partial charge is 0.347 e. The summed E-state index contributed by atoms with van der Waals surface area (Å²) in [5.74, 6) is -0.481. The van der Waals surface area contributed by atoms with E-state index in [1.165, 1.54) is 11.3 Å². The summed E-state index contributed by atoms with van der Waals surface area (Å²) in [6.45, 7) is 4.17. The molecule has 0 aliphatic heterocycles. The highest BCUT2D eigenvalue weighted by Gasteiger charge is 2.20. The van der Waals surface area contributed by atoms with Crippen molar-refractivity contribution in [2.24, 2.45) is 5.92 Å². The van der Waals surface area contributed by atoms with E-state index >= 15 is 0 Å². The number of aromatic carboxylic acids is 1. The summed E-state index contributed by atoms with van der Waals surface area (Å²) >= 11 is 1.24. The van der Waals surface area contributed by atoms with Crippen molar-refractivity contribution in [1.82, 2.24) is 9.38 Å². The predicted octanol–water partition coefficient (Wildman–Crippen LogP) is 3.96. The van der Waals surface area contributed by atoms with E-state index in [1.807, 2.05) is 40.9 Å². The third-order valence-electron chi connectivity index (χ3n) is 3.29. The fraction of sp³-hybridized carbons (Fsp3) is 0.250. The van der Waals surface area contributed by atoms with Crippen LogP contribution in [0.2, 0.25) is 0 Å². The Morgan fingerprint density at radius 3 is 2.67 bits per heavy atom. The predicted molar refractivity (Wildman–Crippen MR) is 84.0 cm³/mol. The number of hydrogen-bond donors (Lipinski definition) is 1. The van der Waals surface area contributed by atoms with Crippen LogP contribution in [0.15, 0.2) is 36.5 Å². The zero-order valence-corrected chi connectivity index (χ0v) is 12.7. The summed E-state index contributed by atoms with van der Waals surface area (Å²) in [5.41, 5.74) is 2.76. The highest BCUT2D eigenvalue weighted by Crippen LogP contribution is 2.29. The molecule has 0 radical (unpaired) electrons. The molecule has 21 heavy (non-hydrogen) atoms. The lowest BCUT2D eigenvalue weighted by atomic mass is 10.1. The van der Waals surface area contributed by atoms with Crippen LogP contribution in [0.5, 0.6) is 0 Å². The molecule has 5 heteroatoms.